The van der Waals surface area contributed by atoms with Crippen LogP contribution in [-0.4, -0.2) is 32.1 Å². The number of nitrogens with zero attached hydrogens (tertiary/aromatic N) is 2. The van der Waals surface area contributed by atoms with Crippen LogP contribution in [0.25, 0.3) is 0 Å². The number of nitrogens with one attached hydrogen (secondary N) is 2. The van der Waals surface area contributed by atoms with E-state index in [2.05, 4.69) is 58.6 Å². The minimum absolute atomic E-state index is 0.602. The first-order valence-corrected chi connectivity index (χ1v) is 8.97. The van der Waals surface area contributed by atoms with Gasteiger partial charge in [-0.1, -0.05) is 26.0 Å². The van der Waals surface area contributed by atoms with Crippen LogP contribution in [-0.2, 0) is 6.54 Å². The van der Waals surface area contributed by atoms with E-state index in [1.165, 1.54) is 43.6 Å². The van der Waals surface area contributed by atoms with E-state index in [-0.39, 0.29) is 0 Å². The minimum atomic E-state index is 0.602. The molecule has 1 saturated carbocycles. The van der Waals surface area contributed by atoms with Gasteiger partial charge in [0.05, 0.1) is 0 Å². The van der Waals surface area contributed by atoms with E-state index in [4.69, 9.17) is 0 Å². The molecule has 126 valence electrons. The zero-order valence-electron chi connectivity index (χ0n) is 14.7. The van der Waals surface area contributed by atoms with Gasteiger partial charge in [0.2, 0.25) is 0 Å². The number of benzene rings is 1. The van der Waals surface area contributed by atoms with Gasteiger partial charge in [-0.2, -0.15) is 0 Å². The van der Waals surface area contributed by atoms with Gasteiger partial charge in [0.25, 0.3) is 0 Å². The molecule has 0 aromatic heterocycles. The Kier molecular flexibility index (Phi) is 5.09. The zero-order chi connectivity index (χ0) is 16.2. The summed E-state index contributed by atoms with van der Waals surface area (Å²) in [4.78, 5) is 6.81. The molecular formula is C19H30N4. The summed E-state index contributed by atoms with van der Waals surface area (Å²) in [6, 6.07) is 9.57. The van der Waals surface area contributed by atoms with Crippen molar-refractivity contribution >= 4 is 11.6 Å². The Balaban J connectivity index is 1.49. The third-order valence-corrected chi connectivity index (χ3v) is 5.20. The normalized spacial score (nSPS) is 25.3. The summed E-state index contributed by atoms with van der Waals surface area (Å²) in [5.41, 5.74) is 2.65. The fourth-order valence-corrected chi connectivity index (χ4v) is 3.17. The van der Waals surface area contributed by atoms with Crippen LogP contribution in [0.1, 0.15) is 38.7 Å². The average molecular weight is 314 g/mol. The molecule has 1 aromatic carbocycles. The molecule has 3 rings (SSSR count). The predicted octanol–water partition coefficient (Wildman–Crippen LogP) is 3.00. The first-order valence-electron chi connectivity index (χ1n) is 8.97. The van der Waals surface area contributed by atoms with Crippen molar-refractivity contribution < 1.29 is 0 Å². The minimum Gasteiger partial charge on any atom is -0.372 e. The molecule has 1 aliphatic carbocycles. The Hall–Kier alpha value is -1.71. The third kappa shape index (κ3) is 4.40. The van der Waals surface area contributed by atoms with Gasteiger partial charge in [-0.25, -0.2) is 0 Å². The van der Waals surface area contributed by atoms with Crippen LogP contribution in [0.3, 0.4) is 0 Å². The van der Waals surface area contributed by atoms with E-state index in [9.17, 15) is 0 Å². The van der Waals surface area contributed by atoms with Crippen molar-refractivity contribution in [2.24, 2.45) is 16.8 Å². The predicted molar refractivity (Wildman–Crippen MR) is 98.0 cm³/mol. The summed E-state index contributed by atoms with van der Waals surface area (Å²) < 4.78 is 0. The molecule has 1 aromatic rings. The highest BCUT2D eigenvalue weighted by atomic mass is 15.2. The molecule has 2 atom stereocenters. The highest BCUT2D eigenvalue weighted by molar-refractivity contribution is 5.80. The Labute approximate surface area is 140 Å². The maximum absolute atomic E-state index is 4.30. The Morgan fingerprint density at radius 1 is 1.17 bits per heavy atom. The summed E-state index contributed by atoms with van der Waals surface area (Å²) in [6.45, 7) is 7.82. The Bertz CT molecular complexity index is 529. The molecule has 23 heavy (non-hydrogen) atoms. The number of hydrogen-bond donors (Lipinski definition) is 2. The Morgan fingerprint density at radius 2 is 1.83 bits per heavy atom. The Morgan fingerprint density at radius 3 is 2.39 bits per heavy atom. The van der Waals surface area contributed by atoms with Crippen LogP contribution in [0, 0.1) is 11.8 Å². The van der Waals surface area contributed by atoms with E-state index in [1.54, 1.807) is 0 Å². The van der Waals surface area contributed by atoms with Crippen molar-refractivity contribution in [1.29, 1.82) is 0 Å². The van der Waals surface area contributed by atoms with Crippen LogP contribution in [0.15, 0.2) is 29.3 Å². The lowest BCUT2D eigenvalue weighted by molar-refractivity contribution is 0.438. The summed E-state index contributed by atoms with van der Waals surface area (Å²) in [7, 11) is 1.84. The third-order valence-electron chi connectivity index (χ3n) is 5.20. The molecule has 2 unspecified atom stereocenters. The number of anilines is 1. The highest BCUT2D eigenvalue weighted by Crippen LogP contribution is 2.28. The van der Waals surface area contributed by atoms with Gasteiger partial charge in [0.1, 0.15) is 0 Å². The smallest absolute Gasteiger partial charge is 0.191 e. The maximum Gasteiger partial charge on any atom is 0.191 e. The van der Waals surface area contributed by atoms with E-state index >= 15 is 0 Å². The van der Waals surface area contributed by atoms with Crippen molar-refractivity contribution in [3.8, 4) is 0 Å². The second-order valence-corrected chi connectivity index (χ2v) is 7.23. The molecule has 1 heterocycles. The molecule has 2 fully saturated rings. The highest BCUT2D eigenvalue weighted by Gasteiger charge is 2.33. The summed E-state index contributed by atoms with van der Waals surface area (Å²) in [5, 5.41) is 6.87. The second kappa shape index (κ2) is 7.24. The fourth-order valence-electron chi connectivity index (χ4n) is 3.17. The van der Waals surface area contributed by atoms with Gasteiger partial charge in [-0.15, -0.1) is 0 Å². The largest absolute Gasteiger partial charge is 0.372 e. The van der Waals surface area contributed by atoms with Crippen molar-refractivity contribution in [3.05, 3.63) is 29.8 Å². The SMILES string of the molecule is CN=C(NCc1ccc(N2CCC(C)CC2)cc1)NC1CC1C. The first-order chi connectivity index (χ1) is 11.2. The molecule has 0 spiro atoms. The van der Waals surface area contributed by atoms with E-state index in [1.807, 2.05) is 7.05 Å². The molecule has 2 N–H and O–H groups in total. The van der Waals surface area contributed by atoms with Crippen molar-refractivity contribution in [3.63, 3.8) is 0 Å². The lowest BCUT2D eigenvalue weighted by atomic mass is 9.99. The van der Waals surface area contributed by atoms with Crippen molar-refractivity contribution in [1.82, 2.24) is 10.6 Å². The number of hydrogen-bond acceptors (Lipinski definition) is 2. The van der Waals surface area contributed by atoms with Gasteiger partial charge in [-0.3, -0.25) is 4.99 Å². The molecule has 0 radical (unpaired) electrons. The van der Waals surface area contributed by atoms with Crippen molar-refractivity contribution in [2.45, 2.75) is 45.7 Å². The molecular weight excluding hydrogens is 284 g/mol. The van der Waals surface area contributed by atoms with Gasteiger partial charge in [-0.05, 0) is 48.8 Å². The second-order valence-electron chi connectivity index (χ2n) is 7.23. The van der Waals surface area contributed by atoms with Crippen LogP contribution in [0.2, 0.25) is 0 Å². The number of piperidine rings is 1. The monoisotopic (exact) mass is 314 g/mol. The van der Waals surface area contributed by atoms with Crippen molar-refractivity contribution in [2.75, 3.05) is 25.0 Å². The van der Waals surface area contributed by atoms with Crippen LogP contribution in [0.5, 0.6) is 0 Å². The maximum atomic E-state index is 4.30. The number of aliphatic imine (C=N–C) groups is 1. The quantitative estimate of drug-likeness (QED) is 0.663. The molecule has 0 bridgehead atoms. The van der Waals surface area contributed by atoms with Crippen LogP contribution >= 0.6 is 0 Å². The van der Waals surface area contributed by atoms with E-state index < -0.39 is 0 Å². The summed E-state index contributed by atoms with van der Waals surface area (Å²) in [5.74, 6) is 2.57. The topological polar surface area (TPSA) is 39.7 Å². The van der Waals surface area contributed by atoms with Gasteiger partial charge in [0.15, 0.2) is 5.96 Å². The molecule has 2 aliphatic rings. The standard InChI is InChI=1S/C19H30N4/c1-14-8-10-23(11-9-14)17-6-4-16(5-7-17)13-21-19(20-3)22-18-12-15(18)2/h4-7,14-15,18H,8-13H2,1-3H3,(H2,20,21,22). The summed E-state index contributed by atoms with van der Waals surface area (Å²) in [6.07, 6.45) is 3.87. The van der Waals surface area contributed by atoms with E-state index in [0.717, 1.165) is 24.3 Å². The molecule has 1 saturated heterocycles. The van der Waals surface area contributed by atoms with E-state index in [0.29, 0.717) is 6.04 Å². The number of guanidine groups is 1. The van der Waals surface area contributed by atoms with Gasteiger partial charge >= 0.3 is 0 Å². The molecule has 4 heteroatoms. The fraction of sp³-hybridized carbons (Fsp3) is 0.632. The zero-order valence-corrected chi connectivity index (χ0v) is 14.7. The molecule has 0 amide bonds. The lowest BCUT2D eigenvalue weighted by Crippen LogP contribution is -2.38. The molecule has 4 nitrogen and oxygen atoms in total. The van der Waals surface area contributed by atoms with Gasteiger partial charge < -0.3 is 15.5 Å². The van der Waals surface area contributed by atoms with Gasteiger partial charge in [0, 0.05) is 38.4 Å². The first kappa shape index (κ1) is 16.2. The lowest BCUT2D eigenvalue weighted by Gasteiger charge is -2.32. The average Bonchev–Trinajstić information content (AvgIpc) is 3.27. The molecule has 1 aliphatic heterocycles. The summed E-state index contributed by atoms with van der Waals surface area (Å²) >= 11 is 0. The van der Waals surface area contributed by atoms with Crippen LogP contribution < -0.4 is 15.5 Å². The van der Waals surface area contributed by atoms with Crippen LogP contribution in [0.4, 0.5) is 5.69 Å². The number of rotatable bonds is 4.